The number of nitrogens with one attached hydrogen (secondary N) is 2. The molecule has 27 heavy (non-hydrogen) atoms. The Bertz CT molecular complexity index is 844. The van der Waals surface area contributed by atoms with Gasteiger partial charge in [0, 0.05) is 6.54 Å². The number of anilines is 2. The van der Waals surface area contributed by atoms with Crippen molar-refractivity contribution in [3.8, 4) is 0 Å². The number of hydrogen-bond acceptors (Lipinski definition) is 3. The standard InChI is InChI=1S/C18H21F3N4O2/c1-4-5-10-25-12(3)15(11(2)24-25)23-16(26)13-8-6-7-9-14(13)22-17(27)18(19,20)21/h6-9H,4-5,10H2,1-3H3,(H,22,27)(H,23,26). The van der Waals surface area contributed by atoms with E-state index in [2.05, 4.69) is 17.3 Å². The molecular formula is C18H21F3N4O2. The summed E-state index contributed by atoms with van der Waals surface area (Å²) in [5.74, 6) is -2.77. The Morgan fingerprint density at radius 1 is 1.15 bits per heavy atom. The van der Waals surface area contributed by atoms with Gasteiger partial charge in [-0.25, -0.2) is 0 Å². The number of halogens is 3. The number of aryl methyl sites for hydroxylation is 2. The minimum absolute atomic E-state index is 0.0739. The maximum atomic E-state index is 12.6. The molecule has 0 aliphatic rings. The van der Waals surface area contributed by atoms with Crippen LogP contribution in [-0.2, 0) is 11.3 Å². The van der Waals surface area contributed by atoms with E-state index in [4.69, 9.17) is 0 Å². The SMILES string of the molecule is CCCCn1nc(C)c(NC(=O)c2ccccc2NC(=O)C(F)(F)F)c1C. The molecule has 0 aliphatic heterocycles. The van der Waals surface area contributed by atoms with E-state index in [1.54, 1.807) is 16.9 Å². The van der Waals surface area contributed by atoms with E-state index < -0.39 is 18.0 Å². The number of rotatable bonds is 6. The molecule has 0 fully saturated rings. The highest BCUT2D eigenvalue weighted by molar-refractivity contribution is 6.10. The summed E-state index contributed by atoms with van der Waals surface area (Å²) in [6, 6.07) is 5.51. The molecule has 2 N–H and O–H groups in total. The van der Waals surface area contributed by atoms with E-state index in [1.807, 2.05) is 6.92 Å². The highest BCUT2D eigenvalue weighted by Gasteiger charge is 2.39. The topological polar surface area (TPSA) is 76.0 Å². The lowest BCUT2D eigenvalue weighted by atomic mass is 10.1. The van der Waals surface area contributed by atoms with Gasteiger partial charge in [-0.15, -0.1) is 0 Å². The maximum Gasteiger partial charge on any atom is 0.471 e. The molecule has 2 amide bonds. The predicted octanol–water partition coefficient (Wildman–Crippen LogP) is 4.05. The summed E-state index contributed by atoms with van der Waals surface area (Å²) in [5, 5.41) is 8.80. The van der Waals surface area contributed by atoms with Crippen LogP contribution in [0, 0.1) is 13.8 Å². The Hall–Kier alpha value is -2.84. The first kappa shape index (κ1) is 20.5. The van der Waals surface area contributed by atoms with E-state index in [1.165, 1.54) is 24.3 Å². The zero-order valence-electron chi connectivity index (χ0n) is 15.3. The first-order chi connectivity index (χ1) is 12.6. The quantitative estimate of drug-likeness (QED) is 0.791. The number of unbranched alkanes of at least 4 members (excludes halogenated alkanes) is 1. The third-order valence-electron chi connectivity index (χ3n) is 4.02. The minimum Gasteiger partial charge on any atom is -0.319 e. The van der Waals surface area contributed by atoms with Crippen molar-refractivity contribution in [1.29, 1.82) is 0 Å². The highest BCUT2D eigenvalue weighted by Crippen LogP contribution is 2.24. The smallest absolute Gasteiger partial charge is 0.319 e. The van der Waals surface area contributed by atoms with Gasteiger partial charge in [0.1, 0.15) is 0 Å². The van der Waals surface area contributed by atoms with Crippen LogP contribution < -0.4 is 10.6 Å². The molecule has 6 nitrogen and oxygen atoms in total. The Morgan fingerprint density at radius 2 is 1.81 bits per heavy atom. The number of amides is 2. The summed E-state index contributed by atoms with van der Waals surface area (Å²) in [7, 11) is 0. The van der Waals surface area contributed by atoms with Crippen molar-refractivity contribution in [2.45, 2.75) is 46.3 Å². The van der Waals surface area contributed by atoms with Crippen LogP contribution in [0.2, 0.25) is 0 Å². The normalized spacial score (nSPS) is 11.3. The van der Waals surface area contributed by atoms with Gasteiger partial charge in [0.15, 0.2) is 0 Å². The number of hydrogen-bond donors (Lipinski definition) is 2. The second kappa shape index (κ2) is 8.24. The molecule has 0 saturated carbocycles. The molecule has 1 heterocycles. The van der Waals surface area contributed by atoms with Crippen molar-refractivity contribution >= 4 is 23.2 Å². The van der Waals surface area contributed by atoms with Gasteiger partial charge in [0.2, 0.25) is 0 Å². The van der Waals surface area contributed by atoms with Crippen molar-refractivity contribution in [3.63, 3.8) is 0 Å². The van der Waals surface area contributed by atoms with Crippen molar-refractivity contribution in [3.05, 3.63) is 41.2 Å². The number of nitrogens with zero attached hydrogens (tertiary/aromatic N) is 2. The van der Waals surface area contributed by atoms with Crippen LogP contribution in [0.1, 0.15) is 41.5 Å². The van der Waals surface area contributed by atoms with Crippen LogP contribution in [0.5, 0.6) is 0 Å². The van der Waals surface area contributed by atoms with Gasteiger partial charge in [-0.05, 0) is 32.4 Å². The van der Waals surface area contributed by atoms with Gasteiger partial charge in [0.25, 0.3) is 5.91 Å². The monoisotopic (exact) mass is 382 g/mol. The summed E-state index contributed by atoms with van der Waals surface area (Å²) < 4.78 is 39.3. The Morgan fingerprint density at radius 3 is 2.44 bits per heavy atom. The molecular weight excluding hydrogens is 361 g/mol. The number of para-hydroxylation sites is 1. The second-order valence-electron chi connectivity index (χ2n) is 6.07. The molecule has 0 spiro atoms. The summed E-state index contributed by atoms with van der Waals surface area (Å²) in [6.07, 6.45) is -3.12. The molecule has 0 aliphatic carbocycles. The number of benzene rings is 1. The highest BCUT2D eigenvalue weighted by atomic mass is 19.4. The zero-order valence-corrected chi connectivity index (χ0v) is 15.3. The Labute approximate surface area is 154 Å². The Kier molecular flexibility index (Phi) is 6.24. The molecule has 0 unspecified atom stereocenters. The van der Waals surface area contributed by atoms with E-state index in [0.717, 1.165) is 18.5 Å². The number of carbonyl (C=O) groups is 2. The molecule has 2 aromatic rings. The van der Waals surface area contributed by atoms with Crippen molar-refractivity contribution in [2.24, 2.45) is 0 Å². The molecule has 0 atom stereocenters. The average Bonchev–Trinajstić information content (AvgIpc) is 2.87. The van der Waals surface area contributed by atoms with Crippen LogP contribution >= 0.6 is 0 Å². The first-order valence-corrected chi connectivity index (χ1v) is 8.47. The fourth-order valence-corrected chi connectivity index (χ4v) is 2.57. The van der Waals surface area contributed by atoms with Crippen LogP contribution in [-0.4, -0.2) is 27.8 Å². The number of alkyl halides is 3. The number of carbonyl (C=O) groups excluding carboxylic acids is 2. The second-order valence-corrected chi connectivity index (χ2v) is 6.07. The molecule has 2 rings (SSSR count). The lowest BCUT2D eigenvalue weighted by Gasteiger charge is -2.13. The van der Waals surface area contributed by atoms with Gasteiger partial charge in [0.05, 0.1) is 28.3 Å². The zero-order chi connectivity index (χ0) is 20.2. The van der Waals surface area contributed by atoms with E-state index in [0.29, 0.717) is 17.9 Å². The van der Waals surface area contributed by atoms with Crippen molar-refractivity contribution in [2.75, 3.05) is 10.6 Å². The summed E-state index contributed by atoms with van der Waals surface area (Å²) in [5.41, 5.74) is 1.58. The Balaban J connectivity index is 2.25. The van der Waals surface area contributed by atoms with E-state index in [9.17, 15) is 22.8 Å². The lowest BCUT2D eigenvalue weighted by Crippen LogP contribution is -2.31. The van der Waals surface area contributed by atoms with Crippen molar-refractivity contribution in [1.82, 2.24) is 9.78 Å². The van der Waals surface area contributed by atoms with Crippen molar-refractivity contribution < 1.29 is 22.8 Å². The van der Waals surface area contributed by atoms with E-state index in [-0.39, 0.29) is 11.3 Å². The molecule has 1 aromatic carbocycles. The first-order valence-electron chi connectivity index (χ1n) is 8.47. The van der Waals surface area contributed by atoms with Gasteiger partial charge >= 0.3 is 12.1 Å². The molecule has 0 bridgehead atoms. The van der Waals surface area contributed by atoms with Gasteiger partial charge in [-0.2, -0.15) is 18.3 Å². The fourth-order valence-electron chi connectivity index (χ4n) is 2.57. The van der Waals surface area contributed by atoms with Crippen LogP contribution in [0.3, 0.4) is 0 Å². The van der Waals surface area contributed by atoms with Crippen LogP contribution in [0.25, 0.3) is 0 Å². The molecule has 146 valence electrons. The van der Waals surface area contributed by atoms with Gasteiger partial charge in [-0.3, -0.25) is 14.3 Å². The summed E-state index contributed by atoms with van der Waals surface area (Å²) in [4.78, 5) is 23.8. The summed E-state index contributed by atoms with van der Waals surface area (Å²) >= 11 is 0. The van der Waals surface area contributed by atoms with E-state index >= 15 is 0 Å². The largest absolute Gasteiger partial charge is 0.471 e. The van der Waals surface area contributed by atoms with Gasteiger partial charge < -0.3 is 10.6 Å². The maximum absolute atomic E-state index is 12.6. The molecule has 9 heteroatoms. The van der Waals surface area contributed by atoms with Gasteiger partial charge in [-0.1, -0.05) is 25.5 Å². The molecule has 0 saturated heterocycles. The third-order valence-corrected chi connectivity index (χ3v) is 4.02. The van der Waals surface area contributed by atoms with Crippen LogP contribution in [0.15, 0.2) is 24.3 Å². The predicted molar refractivity (Wildman–Crippen MR) is 95.7 cm³/mol. The molecule has 0 radical (unpaired) electrons. The fraction of sp³-hybridized carbons (Fsp3) is 0.389. The third kappa shape index (κ3) is 4.87. The average molecular weight is 382 g/mol. The lowest BCUT2D eigenvalue weighted by molar-refractivity contribution is -0.167. The summed E-state index contributed by atoms with van der Waals surface area (Å²) in [6.45, 7) is 6.31. The minimum atomic E-state index is -5.04. The molecule has 1 aromatic heterocycles. The number of aromatic nitrogens is 2. The van der Waals surface area contributed by atoms with Crippen LogP contribution in [0.4, 0.5) is 24.5 Å².